The summed E-state index contributed by atoms with van der Waals surface area (Å²) >= 11 is 0. The summed E-state index contributed by atoms with van der Waals surface area (Å²) in [5, 5.41) is 4.29. The Labute approximate surface area is 139 Å². The van der Waals surface area contributed by atoms with E-state index in [0.29, 0.717) is 12.0 Å². The number of rotatable bonds is 4. The lowest BCUT2D eigenvalue weighted by molar-refractivity contribution is -0.142. The Bertz CT molecular complexity index is 867. The highest BCUT2D eigenvalue weighted by Gasteiger charge is 2.23. The molecule has 1 atom stereocenters. The fourth-order valence-corrected chi connectivity index (χ4v) is 2.78. The van der Waals surface area contributed by atoms with Gasteiger partial charge < -0.3 is 10.1 Å². The summed E-state index contributed by atoms with van der Waals surface area (Å²) in [6.07, 6.45) is 0.458. The van der Waals surface area contributed by atoms with Crippen LogP contribution in [0.2, 0.25) is 0 Å². The summed E-state index contributed by atoms with van der Waals surface area (Å²) in [5.74, 6) is -0.754. The molecule has 0 spiro atoms. The molecule has 1 heterocycles. The first-order valence-electron chi connectivity index (χ1n) is 7.82. The Morgan fingerprint density at radius 3 is 2.08 bits per heavy atom. The van der Waals surface area contributed by atoms with Gasteiger partial charge in [0.25, 0.3) is 5.91 Å². The maximum Gasteiger partial charge on any atom is 0.328 e. The van der Waals surface area contributed by atoms with E-state index in [1.165, 1.54) is 7.11 Å². The number of nitrogens with one attached hydrogen (secondary N) is 1. The van der Waals surface area contributed by atoms with Crippen LogP contribution in [0.3, 0.4) is 0 Å². The van der Waals surface area contributed by atoms with E-state index in [2.05, 4.69) is 10.3 Å². The highest BCUT2D eigenvalue weighted by molar-refractivity contribution is 6.16. The standard InChI is InChI=1S/C19H18N2O3/c1-3-14(19(23)24-2)21-18(22)17-12-8-4-6-10-15(12)20-16-11-7-5-9-13(16)17/h4-11,14H,3H2,1-2H3,(H,21,22)/t14-/m1/s1. The van der Waals surface area contributed by atoms with Gasteiger partial charge in [-0.25, -0.2) is 9.78 Å². The average Bonchev–Trinajstić information content (AvgIpc) is 2.63. The number of methoxy groups -OCH3 is 1. The second kappa shape index (κ2) is 6.66. The number of fused-ring (bicyclic) bond motifs is 2. The van der Waals surface area contributed by atoms with Gasteiger partial charge in [0.2, 0.25) is 0 Å². The van der Waals surface area contributed by atoms with Crippen LogP contribution in [0.4, 0.5) is 0 Å². The monoisotopic (exact) mass is 322 g/mol. The predicted octanol–water partition coefficient (Wildman–Crippen LogP) is 3.07. The maximum atomic E-state index is 12.9. The highest BCUT2D eigenvalue weighted by Crippen LogP contribution is 2.26. The van der Waals surface area contributed by atoms with Gasteiger partial charge in [-0.2, -0.15) is 0 Å². The van der Waals surface area contributed by atoms with Crippen LogP contribution in [0.5, 0.6) is 0 Å². The Morgan fingerprint density at radius 1 is 1.04 bits per heavy atom. The van der Waals surface area contributed by atoms with Gasteiger partial charge in [0.1, 0.15) is 6.04 Å². The number of amides is 1. The van der Waals surface area contributed by atoms with Crippen molar-refractivity contribution in [3.05, 3.63) is 54.1 Å². The summed E-state index contributed by atoms with van der Waals surface area (Å²) in [4.78, 5) is 29.3. The number of carbonyl (C=O) groups is 2. The van der Waals surface area contributed by atoms with E-state index in [4.69, 9.17) is 4.74 Å². The van der Waals surface area contributed by atoms with Crippen LogP contribution in [-0.2, 0) is 9.53 Å². The molecule has 0 aliphatic carbocycles. The number of esters is 1. The SMILES string of the molecule is CC[C@@H](NC(=O)c1c2ccccc2nc2ccccc12)C(=O)OC. The summed E-state index contributed by atoms with van der Waals surface area (Å²) in [5.41, 5.74) is 2.01. The largest absolute Gasteiger partial charge is 0.467 e. The molecular formula is C19H18N2O3. The second-order valence-corrected chi connectivity index (χ2v) is 5.48. The minimum Gasteiger partial charge on any atom is -0.467 e. The van der Waals surface area contributed by atoms with Gasteiger partial charge in [-0.1, -0.05) is 43.3 Å². The zero-order valence-electron chi connectivity index (χ0n) is 13.6. The molecule has 0 saturated carbocycles. The average molecular weight is 322 g/mol. The van der Waals surface area contributed by atoms with Crippen molar-refractivity contribution >= 4 is 33.7 Å². The summed E-state index contributed by atoms with van der Waals surface area (Å²) in [6, 6.07) is 14.3. The minimum absolute atomic E-state index is 0.304. The molecule has 5 nitrogen and oxygen atoms in total. The zero-order chi connectivity index (χ0) is 17.1. The van der Waals surface area contributed by atoms with Gasteiger partial charge in [-0.15, -0.1) is 0 Å². The highest BCUT2D eigenvalue weighted by atomic mass is 16.5. The fraction of sp³-hybridized carbons (Fsp3) is 0.211. The number of para-hydroxylation sites is 2. The number of hydrogen-bond donors (Lipinski definition) is 1. The molecule has 0 aliphatic rings. The van der Waals surface area contributed by atoms with E-state index in [9.17, 15) is 9.59 Å². The van der Waals surface area contributed by atoms with Gasteiger partial charge in [0.15, 0.2) is 0 Å². The molecule has 1 aromatic heterocycles. The van der Waals surface area contributed by atoms with Gasteiger partial charge in [-0.3, -0.25) is 4.79 Å². The van der Waals surface area contributed by atoms with E-state index >= 15 is 0 Å². The first-order valence-corrected chi connectivity index (χ1v) is 7.82. The molecule has 0 aliphatic heterocycles. The summed E-state index contributed by atoms with van der Waals surface area (Å²) < 4.78 is 4.75. The van der Waals surface area contributed by atoms with Gasteiger partial charge in [-0.05, 0) is 18.6 Å². The van der Waals surface area contributed by atoms with Crippen LogP contribution in [0, 0.1) is 0 Å². The normalized spacial score (nSPS) is 12.1. The molecule has 0 saturated heterocycles. The van der Waals surface area contributed by atoms with Crippen LogP contribution in [0.1, 0.15) is 23.7 Å². The van der Waals surface area contributed by atoms with Crippen LogP contribution in [0.15, 0.2) is 48.5 Å². The first kappa shape index (κ1) is 15.9. The van der Waals surface area contributed by atoms with E-state index in [1.54, 1.807) is 0 Å². The van der Waals surface area contributed by atoms with Crippen molar-refractivity contribution in [3.63, 3.8) is 0 Å². The van der Waals surface area contributed by atoms with Crippen molar-refractivity contribution < 1.29 is 14.3 Å². The molecule has 0 fully saturated rings. The number of aromatic nitrogens is 1. The molecule has 122 valence electrons. The van der Waals surface area contributed by atoms with Crippen LogP contribution in [0.25, 0.3) is 21.8 Å². The van der Waals surface area contributed by atoms with Crippen molar-refractivity contribution in [2.24, 2.45) is 0 Å². The smallest absolute Gasteiger partial charge is 0.328 e. The van der Waals surface area contributed by atoms with Crippen LogP contribution >= 0.6 is 0 Å². The van der Waals surface area contributed by atoms with Crippen molar-refractivity contribution in [1.29, 1.82) is 0 Å². The fourth-order valence-electron chi connectivity index (χ4n) is 2.78. The van der Waals surface area contributed by atoms with E-state index < -0.39 is 12.0 Å². The Balaban J connectivity index is 2.15. The third-order valence-corrected chi connectivity index (χ3v) is 4.01. The number of hydrogen-bond acceptors (Lipinski definition) is 4. The number of benzene rings is 2. The Morgan fingerprint density at radius 2 is 1.58 bits per heavy atom. The molecular weight excluding hydrogens is 304 g/mol. The number of pyridine rings is 1. The molecule has 24 heavy (non-hydrogen) atoms. The Hall–Kier alpha value is -2.95. The minimum atomic E-state index is -0.673. The maximum absolute atomic E-state index is 12.9. The molecule has 3 rings (SSSR count). The first-order chi connectivity index (χ1) is 11.7. The molecule has 1 N–H and O–H groups in total. The molecule has 5 heteroatoms. The van der Waals surface area contributed by atoms with E-state index in [0.717, 1.165) is 21.8 Å². The molecule has 0 bridgehead atoms. The van der Waals surface area contributed by atoms with Gasteiger partial charge in [0.05, 0.1) is 23.7 Å². The molecule has 1 amide bonds. The van der Waals surface area contributed by atoms with E-state index in [-0.39, 0.29) is 5.91 Å². The Kier molecular flexibility index (Phi) is 4.42. The zero-order valence-corrected chi connectivity index (χ0v) is 13.6. The van der Waals surface area contributed by atoms with Crippen molar-refractivity contribution in [3.8, 4) is 0 Å². The van der Waals surface area contributed by atoms with Crippen molar-refractivity contribution in [1.82, 2.24) is 10.3 Å². The lowest BCUT2D eigenvalue weighted by Crippen LogP contribution is -2.41. The van der Waals surface area contributed by atoms with E-state index in [1.807, 2.05) is 55.5 Å². The predicted molar refractivity (Wildman–Crippen MR) is 92.8 cm³/mol. The van der Waals surface area contributed by atoms with Crippen LogP contribution in [-0.4, -0.2) is 30.0 Å². The second-order valence-electron chi connectivity index (χ2n) is 5.48. The quantitative estimate of drug-likeness (QED) is 0.592. The van der Waals surface area contributed by atoms with Gasteiger partial charge in [0, 0.05) is 10.8 Å². The van der Waals surface area contributed by atoms with Crippen LogP contribution < -0.4 is 5.32 Å². The van der Waals surface area contributed by atoms with Gasteiger partial charge >= 0.3 is 5.97 Å². The molecule has 0 unspecified atom stereocenters. The summed E-state index contributed by atoms with van der Waals surface area (Å²) in [6.45, 7) is 1.82. The molecule has 3 aromatic rings. The summed E-state index contributed by atoms with van der Waals surface area (Å²) in [7, 11) is 1.31. The number of carbonyl (C=O) groups excluding carboxylic acids is 2. The van der Waals surface area contributed by atoms with Crippen molar-refractivity contribution in [2.75, 3.05) is 7.11 Å². The number of ether oxygens (including phenoxy) is 1. The molecule has 2 aromatic carbocycles. The third kappa shape index (κ3) is 2.80. The van der Waals surface area contributed by atoms with Crippen molar-refractivity contribution in [2.45, 2.75) is 19.4 Å². The topological polar surface area (TPSA) is 68.3 Å². The number of nitrogens with zero attached hydrogens (tertiary/aromatic N) is 1. The lowest BCUT2D eigenvalue weighted by Gasteiger charge is -2.16. The molecule has 0 radical (unpaired) electrons. The lowest BCUT2D eigenvalue weighted by atomic mass is 10.0. The third-order valence-electron chi connectivity index (χ3n) is 4.01.